The number of hydrogen-bond acceptors (Lipinski definition) is 8. The van der Waals surface area contributed by atoms with Crippen molar-refractivity contribution in [2.75, 3.05) is 4.90 Å². The van der Waals surface area contributed by atoms with Gasteiger partial charge in [0.05, 0.1) is 6.54 Å². The van der Waals surface area contributed by atoms with Crippen LogP contribution in [0.3, 0.4) is 0 Å². The number of hydrogen-bond donors (Lipinski definition) is 3. The van der Waals surface area contributed by atoms with E-state index in [2.05, 4.69) is 20.3 Å². The van der Waals surface area contributed by atoms with Gasteiger partial charge >= 0.3 is 6.36 Å². The lowest BCUT2D eigenvalue weighted by molar-refractivity contribution is -0.274. The van der Waals surface area contributed by atoms with Crippen LogP contribution in [0.2, 0.25) is 0 Å². The number of benzene rings is 3. The number of anilines is 1. The summed E-state index contributed by atoms with van der Waals surface area (Å²) in [5, 5.41) is 8.41. The Labute approximate surface area is 252 Å². The monoisotopic (exact) mass is 610 g/mol. The molecule has 0 aliphatic heterocycles. The molecule has 1 saturated carbocycles. The molecule has 3 aromatic carbocycles. The summed E-state index contributed by atoms with van der Waals surface area (Å²) in [4.78, 5) is 27.7. The predicted octanol–water partition coefficient (Wildman–Crippen LogP) is 7.71. The average Bonchev–Trinajstić information content (AvgIpc) is 3.03. The second-order valence-corrected chi connectivity index (χ2v) is 10.4. The fraction of sp³-hybridized carbons (Fsp3) is 0.355. The molecule has 1 atom stereocenters. The lowest BCUT2D eigenvalue weighted by atomic mass is 9.84. The van der Waals surface area contributed by atoms with Gasteiger partial charge < -0.3 is 19.7 Å². The first kappa shape index (κ1) is 32.1. The van der Waals surface area contributed by atoms with Crippen molar-refractivity contribution in [2.24, 2.45) is 10.2 Å². The van der Waals surface area contributed by atoms with Crippen LogP contribution in [0.4, 0.5) is 18.9 Å². The minimum absolute atomic E-state index is 0.141. The quantitative estimate of drug-likeness (QED) is 0.181. The molecule has 44 heavy (non-hydrogen) atoms. The largest absolute Gasteiger partial charge is 0.573 e. The van der Waals surface area contributed by atoms with E-state index in [0.717, 1.165) is 25.0 Å². The Morgan fingerprint density at radius 1 is 0.909 bits per heavy atom. The highest BCUT2D eigenvalue weighted by molar-refractivity contribution is 5.97. The summed E-state index contributed by atoms with van der Waals surface area (Å²) >= 11 is 0. The third kappa shape index (κ3) is 8.85. The van der Waals surface area contributed by atoms with E-state index in [4.69, 9.17) is 15.8 Å². The van der Waals surface area contributed by atoms with Crippen LogP contribution in [0, 0.1) is 11.1 Å². The van der Waals surface area contributed by atoms with Crippen LogP contribution in [0.5, 0.6) is 11.5 Å². The highest BCUT2D eigenvalue weighted by Crippen LogP contribution is 2.34. The number of carbonyl (C=O) groups is 2. The molecule has 3 aromatic rings. The molecule has 0 heterocycles. The Kier molecular flexibility index (Phi) is 10.6. The van der Waals surface area contributed by atoms with Gasteiger partial charge in [-0.05, 0) is 85.3 Å². The van der Waals surface area contributed by atoms with Gasteiger partial charge in [0.2, 0.25) is 0 Å². The first-order chi connectivity index (χ1) is 21.1. The van der Waals surface area contributed by atoms with Crippen LogP contribution >= 0.6 is 0 Å². The topological polar surface area (TPSA) is 140 Å². The summed E-state index contributed by atoms with van der Waals surface area (Å²) in [6.07, 6.45) is -1.23. The lowest BCUT2D eigenvalue weighted by Crippen LogP contribution is -2.40. The van der Waals surface area contributed by atoms with Crippen LogP contribution < -0.4 is 19.7 Å². The van der Waals surface area contributed by atoms with Crippen molar-refractivity contribution in [1.29, 1.82) is 11.1 Å². The third-order valence-corrected chi connectivity index (χ3v) is 7.33. The van der Waals surface area contributed by atoms with E-state index in [-0.39, 0.29) is 23.8 Å². The zero-order valence-electron chi connectivity index (χ0n) is 24.0. The van der Waals surface area contributed by atoms with Crippen molar-refractivity contribution in [3.8, 4) is 11.5 Å². The van der Waals surface area contributed by atoms with E-state index < -0.39 is 30.4 Å². The minimum Gasteiger partial charge on any atom is -0.481 e. The molecule has 3 N–H and O–H groups in total. The molecule has 1 unspecified atom stereocenters. The Morgan fingerprint density at radius 2 is 1.50 bits per heavy atom. The van der Waals surface area contributed by atoms with Crippen molar-refractivity contribution in [3.63, 3.8) is 0 Å². The molecule has 0 saturated heterocycles. The molecule has 1 fully saturated rings. The Balaban J connectivity index is 1.53. The second kappa shape index (κ2) is 14.6. The van der Waals surface area contributed by atoms with Gasteiger partial charge in [-0.25, -0.2) is 11.1 Å². The number of carbonyl (C=O) groups excluding carboxylic acids is 2. The molecular weight excluding hydrogens is 577 g/mol. The van der Waals surface area contributed by atoms with Crippen LogP contribution in [0.15, 0.2) is 83.0 Å². The number of ether oxygens (including phenoxy) is 2. The normalized spacial score (nSPS) is 15.0. The zero-order chi connectivity index (χ0) is 31.7. The van der Waals surface area contributed by atoms with Gasteiger partial charge in [-0.3, -0.25) is 9.59 Å². The molecule has 4 rings (SSSR count). The zero-order valence-corrected chi connectivity index (χ0v) is 24.0. The molecule has 2 amide bonds. The van der Waals surface area contributed by atoms with E-state index in [1.165, 1.54) is 37.0 Å². The van der Waals surface area contributed by atoms with E-state index in [1.54, 1.807) is 36.1 Å². The fourth-order valence-corrected chi connectivity index (χ4v) is 5.09. The molecule has 0 bridgehead atoms. The summed E-state index contributed by atoms with van der Waals surface area (Å²) < 4.78 is 47.2. The maximum absolute atomic E-state index is 13.8. The summed E-state index contributed by atoms with van der Waals surface area (Å²) in [5.41, 5.74) is 16.8. The van der Waals surface area contributed by atoms with Crippen molar-refractivity contribution in [1.82, 2.24) is 5.32 Å². The Hall–Kier alpha value is -4.81. The molecular formula is C31H33F3N6O4. The fourth-order valence-electron chi connectivity index (χ4n) is 5.09. The standard InChI is InChI=1S/C31H33F3N6O4/c1-20(43-26-15-17-27(18-16-26)44-31(32,33)34)29(42)40(25-13-11-23(12-14-25)22-5-3-2-4-6-22)19-21-7-9-24(10-8-21)28(41)37-30(38-35)39-36/h7-18,20,22,30,35-36H,2-6,19H2,1H3,(H,37,41). The maximum atomic E-state index is 13.8. The average molecular weight is 611 g/mol. The number of nitrogens with zero attached hydrogens (tertiary/aromatic N) is 3. The van der Waals surface area contributed by atoms with Gasteiger partial charge in [-0.2, -0.15) is 0 Å². The molecule has 0 spiro atoms. The SMILES string of the molecule is CC(Oc1ccc(OC(F)(F)F)cc1)C(=O)N(Cc1ccc(C(=O)NC(N=N)N=N)cc1)c1ccc(C2CCCCC2)cc1. The summed E-state index contributed by atoms with van der Waals surface area (Å²) in [6.45, 7) is 1.70. The first-order valence-corrected chi connectivity index (χ1v) is 14.1. The van der Waals surface area contributed by atoms with Gasteiger partial charge in [0.1, 0.15) is 11.5 Å². The van der Waals surface area contributed by atoms with Crippen molar-refractivity contribution < 1.29 is 32.2 Å². The summed E-state index contributed by atoms with van der Waals surface area (Å²) in [5.74, 6) is -0.671. The van der Waals surface area contributed by atoms with Crippen LogP contribution in [0.25, 0.3) is 0 Å². The van der Waals surface area contributed by atoms with Crippen LogP contribution in [0.1, 0.15) is 66.4 Å². The lowest BCUT2D eigenvalue weighted by Gasteiger charge is -2.28. The van der Waals surface area contributed by atoms with Crippen molar-refractivity contribution in [2.45, 2.75) is 70.2 Å². The van der Waals surface area contributed by atoms with Gasteiger partial charge in [-0.1, -0.05) is 43.5 Å². The number of nitrogens with one attached hydrogen (secondary N) is 3. The first-order valence-electron chi connectivity index (χ1n) is 14.1. The molecule has 0 radical (unpaired) electrons. The summed E-state index contributed by atoms with van der Waals surface area (Å²) in [7, 11) is 0. The highest BCUT2D eigenvalue weighted by Gasteiger charge is 2.31. The molecule has 10 nitrogen and oxygen atoms in total. The number of alkyl halides is 3. The van der Waals surface area contributed by atoms with Crippen LogP contribution in [-0.2, 0) is 11.3 Å². The third-order valence-electron chi connectivity index (χ3n) is 7.33. The number of amides is 2. The Morgan fingerprint density at radius 3 is 2.07 bits per heavy atom. The molecule has 13 heteroatoms. The highest BCUT2D eigenvalue weighted by atomic mass is 19.4. The predicted molar refractivity (Wildman–Crippen MR) is 155 cm³/mol. The van der Waals surface area contributed by atoms with Gasteiger partial charge in [-0.15, -0.1) is 23.4 Å². The van der Waals surface area contributed by atoms with Gasteiger partial charge in [0, 0.05) is 11.3 Å². The van der Waals surface area contributed by atoms with E-state index in [1.807, 2.05) is 24.3 Å². The second-order valence-electron chi connectivity index (χ2n) is 10.4. The molecule has 0 aromatic heterocycles. The number of rotatable bonds is 12. The molecule has 1 aliphatic carbocycles. The van der Waals surface area contributed by atoms with Crippen LogP contribution in [-0.4, -0.2) is 30.6 Å². The van der Waals surface area contributed by atoms with Gasteiger partial charge in [0.25, 0.3) is 18.1 Å². The van der Waals surface area contributed by atoms with Crippen molar-refractivity contribution >= 4 is 17.5 Å². The minimum atomic E-state index is -4.82. The molecule has 1 aliphatic rings. The smallest absolute Gasteiger partial charge is 0.481 e. The van der Waals surface area contributed by atoms with E-state index in [0.29, 0.717) is 17.2 Å². The number of halogens is 3. The molecule has 232 valence electrons. The summed E-state index contributed by atoms with van der Waals surface area (Å²) in [6, 6.07) is 19.1. The maximum Gasteiger partial charge on any atom is 0.573 e. The van der Waals surface area contributed by atoms with Gasteiger partial charge in [0.15, 0.2) is 6.10 Å². The van der Waals surface area contributed by atoms with E-state index >= 15 is 0 Å². The Bertz CT molecular complexity index is 1420. The van der Waals surface area contributed by atoms with Crippen molar-refractivity contribution in [3.05, 3.63) is 89.5 Å². The van der Waals surface area contributed by atoms with E-state index in [9.17, 15) is 22.8 Å².